The summed E-state index contributed by atoms with van der Waals surface area (Å²) in [6.45, 7) is 6.79. The number of hydrogen-bond acceptors (Lipinski definition) is 1. The van der Waals surface area contributed by atoms with Crippen LogP contribution in [0, 0.1) is 0 Å². The molecule has 0 spiro atoms. The first-order valence-corrected chi connectivity index (χ1v) is 4.85. The Hall–Kier alpha value is -0.573. The number of imidazole rings is 1. The summed E-state index contributed by atoms with van der Waals surface area (Å²) >= 11 is 0. The SMILES string of the molecule is CCC(C)(C)[Si]n1ccnc1. The maximum atomic E-state index is 4.01. The van der Waals surface area contributed by atoms with Crippen molar-refractivity contribution in [3.63, 3.8) is 0 Å². The minimum Gasteiger partial charge on any atom is -0.365 e. The van der Waals surface area contributed by atoms with Gasteiger partial charge in [0.2, 0.25) is 0 Å². The molecule has 0 aromatic carbocycles. The first-order valence-electron chi connectivity index (χ1n) is 3.90. The smallest absolute Gasteiger partial charge is 0.194 e. The molecule has 60 valence electrons. The third kappa shape index (κ3) is 2.50. The Morgan fingerprint density at radius 2 is 2.27 bits per heavy atom. The lowest BCUT2D eigenvalue weighted by Crippen LogP contribution is -2.18. The Labute approximate surface area is 70.5 Å². The molecule has 2 radical (unpaired) electrons. The first-order chi connectivity index (χ1) is 5.14. The van der Waals surface area contributed by atoms with Crippen LogP contribution in [0.2, 0.25) is 5.04 Å². The Balaban J connectivity index is 2.56. The van der Waals surface area contributed by atoms with Gasteiger partial charge in [0.1, 0.15) is 0 Å². The van der Waals surface area contributed by atoms with Gasteiger partial charge in [-0.1, -0.05) is 27.2 Å². The summed E-state index contributed by atoms with van der Waals surface area (Å²) in [5.41, 5.74) is 0. The molecule has 0 saturated carbocycles. The van der Waals surface area contributed by atoms with Crippen LogP contribution in [0.5, 0.6) is 0 Å². The Morgan fingerprint density at radius 1 is 1.55 bits per heavy atom. The second-order valence-corrected chi connectivity index (χ2v) is 5.41. The molecule has 0 N–H and O–H groups in total. The van der Waals surface area contributed by atoms with E-state index < -0.39 is 0 Å². The van der Waals surface area contributed by atoms with Crippen molar-refractivity contribution in [1.82, 2.24) is 9.22 Å². The largest absolute Gasteiger partial charge is 0.365 e. The fourth-order valence-electron chi connectivity index (χ4n) is 0.754. The molecule has 1 aromatic heterocycles. The third-order valence-corrected chi connectivity index (χ3v) is 3.30. The summed E-state index contributed by atoms with van der Waals surface area (Å²) in [5, 5.41) is 0.417. The molecule has 0 saturated heterocycles. The molecule has 0 aliphatic carbocycles. The van der Waals surface area contributed by atoms with Crippen LogP contribution in [0.4, 0.5) is 0 Å². The van der Waals surface area contributed by atoms with Crippen molar-refractivity contribution in [2.24, 2.45) is 0 Å². The number of hydrogen-bond donors (Lipinski definition) is 0. The van der Waals surface area contributed by atoms with Gasteiger partial charge in [0, 0.05) is 12.4 Å². The molecule has 1 heterocycles. The zero-order valence-corrected chi connectivity index (χ0v) is 8.33. The number of aromatic nitrogens is 2. The van der Waals surface area contributed by atoms with Gasteiger partial charge in [0.15, 0.2) is 9.68 Å². The Bertz CT molecular complexity index is 204. The lowest BCUT2D eigenvalue weighted by atomic mass is 10.1. The zero-order valence-electron chi connectivity index (χ0n) is 7.33. The highest BCUT2D eigenvalue weighted by molar-refractivity contribution is 6.37. The molecular weight excluding hydrogens is 152 g/mol. The van der Waals surface area contributed by atoms with E-state index in [1.807, 2.05) is 18.7 Å². The van der Waals surface area contributed by atoms with Gasteiger partial charge in [-0.05, 0) is 5.04 Å². The van der Waals surface area contributed by atoms with Crippen LogP contribution in [-0.2, 0) is 0 Å². The van der Waals surface area contributed by atoms with E-state index in [-0.39, 0.29) is 0 Å². The molecule has 1 rings (SSSR count). The molecule has 1 aromatic rings. The number of nitrogens with zero attached hydrogens (tertiary/aromatic N) is 2. The van der Waals surface area contributed by atoms with Gasteiger partial charge in [-0.15, -0.1) is 0 Å². The van der Waals surface area contributed by atoms with Crippen molar-refractivity contribution in [2.75, 3.05) is 0 Å². The maximum Gasteiger partial charge on any atom is 0.194 e. The molecule has 0 amide bonds. The highest BCUT2D eigenvalue weighted by Gasteiger charge is 2.17. The van der Waals surface area contributed by atoms with Gasteiger partial charge < -0.3 is 4.23 Å². The van der Waals surface area contributed by atoms with E-state index in [9.17, 15) is 0 Å². The summed E-state index contributed by atoms with van der Waals surface area (Å²) < 4.78 is 2.16. The number of rotatable bonds is 3. The Kier molecular flexibility index (Phi) is 2.49. The minimum atomic E-state index is 0.417. The van der Waals surface area contributed by atoms with E-state index >= 15 is 0 Å². The fourth-order valence-corrected chi connectivity index (χ4v) is 1.88. The summed E-state index contributed by atoms with van der Waals surface area (Å²) in [5.74, 6) is 0. The van der Waals surface area contributed by atoms with Crippen LogP contribution >= 0.6 is 0 Å². The average molecular weight is 166 g/mol. The van der Waals surface area contributed by atoms with Gasteiger partial charge in [-0.2, -0.15) is 0 Å². The first kappa shape index (κ1) is 8.52. The normalized spacial score (nSPS) is 11.9. The van der Waals surface area contributed by atoms with Crippen LogP contribution < -0.4 is 0 Å². The standard InChI is InChI=1S/C8H14N2Si/c1-4-8(2,3)11-10-6-5-9-7-10/h5-7H,4H2,1-3H3. The van der Waals surface area contributed by atoms with Crippen molar-refractivity contribution in [3.8, 4) is 0 Å². The van der Waals surface area contributed by atoms with Crippen molar-refractivity contribution >= 4 is 9.68 Å². The summed E-state index contributed by atoms with van der Waals surface area (Å²) in [7, 11) is 0.810. The molecule has 2 nitrogen and oxygen atoms in total. The molecule has 0 atom stereocenters. The monoisotopic (exact) mass is 166 g/mol. The van der Waals surface area contributed by atoms with Gasteiger partial charge in [0.05, 0.1) is 6.33 Å². The predicted octanol–water partition coefficient (Wildman–Crippen LogP) is 1.96. The van der Waals surface area contributed by atoms with Gasteiger partial charge in [0.25, 0.3) is 0 Å². The van der Waals surface area contributed by atoms with E-state index in [2.05, 4.69) is 30.0 Å². The molecule has 0 aliphatic heterocycles. The van der Waals surface area contributed by atoms with Crippen LogP contribution in [0.1, 0.15) is 27.2 Å². The Morgan fingerprint density at radius 3 is 2.73 bits per heavy atom. The highest BCUT2D eigenvalue weighted by atomic mass is 28.2. The third-order valence-electron chi connectivity index (χ3n) is 1.82. The maximum absolute atomic E-state index is 4.01. The molecule has 0 fully saturated rings. The lowest BCUT2D eigenvalue weighted by Gasteiger charge is -2.20. The molecule has 0 aliphatic rings. The van der Waals surface area contributed by atoms with Crippen molar-refractivity contribution in [1.29, 1.82) is 0 Å². The summed E-state index contributed by atoms with van der Waals surface area (Å²) in [6.07, 6.45) is 6.95. The second kappa shape index (κ2) is 3.22. The van der Waals surface area contributed by atoms with E-state index in [1.54, 1.807) is 0 Å². The minimum absolute atomic E-state index is 0.417. The van der Waals surface area contributed by atoms with Gasteiger partial charge >= 0.3 is 0 Å². The van der Waals surface area contributed by atoms with Crippen LogP contribution in [0.15, 0.2) is 18.7 Å². The molecule has 0 bridgehead atoms. The highest BCUT2D eigenvalue weighted by Crippen LogP contribution is 2.26. The van der Waals surface area contributed by atoms with Crippen LogP contribution in [0.3, 0.4) is 0 Å². The predicted molar refractivity (Wildman–Crippen MR) is 47.7 cm³/mol. The zero-order chi connectivity index (χ0) is 8.32. The topological polar surface area (TPSA) is 17.8 Å². The van der Waals surface area contributed by atoms with Crippen LogP contribution in [0.25, 0.3) is 0 Å². The van der Waals surface area contributed by atoms with Gasteiger partial charge in [-0.25, -0.2) is 4.98 Å². The quantitative estimate of drug-likeness (QED) is 0.628. The van der Waals surface area contributed by atoms with E-state index in [0.717, 1.165) is 9.68 Å². The molecule has 11 heavy (non-hydrogen) atoms. The average Bonchev–Trinajstić information content (AvgIpc) is 2.39. The fraction of sp³-hybridized carbons (Fsp3) is 0.625. The van der Waals surface area contributed by atoms with Crippen molar-refractivity contribution in [3.05, 3.63) is 18.7 Å². The molecule has 0 unspecified atom stereocenters. The molecular formula is C8H14N2Si. The lowest BCUT2D eigenvalue weighted by molar-refractivity contribution is 0.634. The van der Waals surface area contributed by atoms with Crippen molar-refractivity contribution < 1.29 is 0 Å². The second-order valence-electron chi connectivity index (χ2n) is 3.32. The molecule has 3 heteroatoms. The van der Waals surface area contributed by atoms with Crippen molar-refractivity contribution in [2.45, 2.75) is 32.2 Å². The summed E-state index contributed by atoms with van der Waals surface area (Å²) in [4.78, 5) is 4.01. The van der Waals surface area contributed by atoms with Gasteiger partial charge in [-0.3, -0.25) is 0 Å². The van der Waals surface area contributed by atoms with Crippen LogP contribution in [-0.4, -0.2) is 18.9 Å². The van der Waals surface area contributed by atoms with E-state index in [1.165, 1.54) is 6.42 Å². The van der Waals surface area contributed by atoms with E-state index in [0.29, 0.717) is 5.04 Å². The van der Waals surface area contributed by atoms with E-state index in [4.69, 9.17) is 0 Å². The summed E-state index contributed by atoms with van der Waals surface area (Å²) in [6, 6.07) is 0.